The Morgan fingerprint density at radius 2 is 2.10 bits per heavy atom. The van der Waals surface area contributed by atoms with Crippen LogP contribution in [0.25, 0.3) is 0 Å². The molecule has 0 saturated heterocycles. The molecule has 3 amide bonds. The van der Waals surface area contributed by atoms with Gasteiger partial charge in [0.05, 0.1) is 34.2 Å². The van der Waals surface area contributed by atoms with Gasteiger partial charge in [0.2, 0.25) is 0 Å². The number of halogens is 3. The van der Waals surface area contributed by atoms with Crippen LogP contribution >= 0.6 is 38.5 Å². The highest BCUT2D eigenvalue weighted by Crippen LogP contribution is 2.36. The highest BCUT2D eigenvalue weighted by molar-refractivity contribution is 14.1. The van der Waals surface area contributed by atoms with E-state index in [9.17, 15) is 14.0 Å². The SMILES string of the molecule is CO/C=C/C(=O)NC(=O)Nc1cc(Br)c(OC)c(I)c1F. The van der Waals surface area contributed by atoms with Gasteiger partial charge in [-0.25, -0.2) is 9.18 Å². The van der Waals surface area contributed by atoms with Crippen LogP contribution in [0.1, 0.15) is 0 Å². The number of imide groups is 1. The molecule has 0 heterocycles. The van der Waals surface area contributed by atoms with Gasteiger partial charge in [-0.15, -0.1) is 0 Å². The van der Waals surface area contributed by atoms with Crippen LogP contribution in [0.5, 0.6) is 5.75 Å². The van der Waals surface area contributed by atoms with E-state index < -0.39 is 17.8 Å². The quantitative estimate of drug-likeness (QED) is 0.305. The Balaban J connectivity index is 2.86. The summed E-state index contributed by atoms with van der Waals surface area (Å²) >= 11 is 4.95. The second-order valence-corrected chi connectivity index (χ2v) is 5.48. The number of urea groups is 1. The van der Waals surface area contributed by atoms with E-state index in [2.05, 4.69) is 26.0 Å². The van der Waals surface area contributed by atoms with Crippen molar-refractivity contribution in [1.29, 1.82) is 0 Å². The Morgan fingerprint density at radius 1 is 1.43 bits per heavy atom. The number of anilines is 1. The standard InChI is InChI=1S/C12H11BrFIN2O4/c1-20-4-3-8(18)17-12(19)16-7-5-6(13)11(21-2)10(15)9(7)14/h3-5H,1-2H3,(H2,16,17,18,19)/b4-3+. The molecule has 0 fully saturated rings. The molecule has 0 aliphatic carbocycles. The van der Waals surface area contributed by atoms with Crippen LogP contribution in [0.4, 0.5) is 14.9 Å². The molecule has 6 nitrogen and oxygen atoms in total. The lowest BCUT2D eigenvalue weighted by molar-refractivity contribution is -0.115. The average Bonchev–Trinajstić information content (AvgIpc) is 2.42. The third-order valence-corrected chi connectivity index (χ3v) is 3.71. The fourth-order valence-electron chi connectivity index (χ4n) is 1.29. The molecular formula is C12H11BrFIN2O4. The molecular weight excluding hydrogens is 462 g/mol. The number of hydrogen-bond donors (Lipinski definition) is 2. The van der Waals surface area contributed by atoms with E-state index in [-0.39, 0.29) is 9.26 Å². The largest absolute Gasteiger partial charge is 0.504 e. The van der Waals surface area contributed by atoms with E-state index in [0.29, 0.717) is 10.2 Å². The molecule has 0 unspecified atom stereocenters. The second kappa shape index (κ2) is 8.17. The maximum absolute atomic E-state index is 14.1. The summed E-state index contributed by atoms with van der Waals surface area (Å²) in [6.45, 7) is 0. The zero-order chi connectivity index (χ0) is 16.0. The molecule has 114 valence electrons. The Labute approximate surface area is 142 Å². The molecule has 9 heteroatoms. The third kappa shape index (κ3) is 4.84. The van der Waals surface area contributed by atoms with Crippen LogP contribution in [0.2, 0.25) is 0 Å². The average molecular weight is 473 g/mol. The number of amides is 3. The molecule has 0 spiro atoms. The van der Waals surface area contributed by atoms with E-state index >= 15 is 0 Å². The smallest absolute Gasteiger partial charge is 0.326 e. The number of nitrogens with one attached hydrogen (secondary N) is 2. The number of methoxy groups -OCH3 is 2. The van der Waals surface area contributed by atoms with Gasteiger partial charge in [-0.1, -0.05) is 0 Å². The summed E-state index contributed by atoms with van der Waals surface area (Å²) in [4.78, 5) is 22.8. The predicted octanol–water partition coefficient (Wildman–Crippen LogP) is 3.01. The van der Waals surface area contributed by atoms with E-state index in [4.69, 9.17) is 4.74 Å². The number of rotatable bonds is 4. The Kier molecular flexibility index (Phi) is 6.89. The molecule has 2 N–H and O–H groups in total. The van der Waals surface area contributed by atoms with E-state index in [1.165, 1.54) is 20.3 Å². The first-order chi connectivity index (χ1) is 9.90. The van der Waals surface area contributed by atoms with Crippen LogP contribution in [-0.2, 0) is 9.53 Å². The molecule has 1 aromatic carbocycles. The molecule has 0 aliphatic heterocycles. The molecule has 21 heavy (non-hydrogen) atoms. The lowest BCUT2D eigenvalue weighted by atomic mass is 10.3. The number of hydrogen-bond acceptors (Lipinski definition) is 4. The maximum atomic E-state index is 14.1. The number of benzene rings is 1. The van der Waals surface area contributed by atoms with Gasteiger partial charge in [0.1, 0.15) is 5.75 Å². The van der Waals surface area contributed by atoms with E-state index in [0.717, 1.165) is 12.3 Å². The first kappa shape index (κ1) is 17.7. The summed E-state index contributed by atoms with van der Waals surface area (Å²) in [7, 11) is 2.76. The van der Waals surface area contributed by atoms with E-state index in [1.807, 2.05) is 5.32 Å². The van der Waals surface area contributed by atoms with Crippen LogP contribution in [0, 0.1) is 9.39 Å². The number of carbonyl (C=O) groups is 2. The lowest BCUT2D eigenvalue weighted by Gasteiger charge is -2.12. The van der Waals surface area contributed by atoms with Gasteiger partial charge < -0.3 is 14.8 Å². The van der Waals surface area contributed by atoms with Gasteiger partial charge in [0, 0.05) is 6.08 Å². The highest BCUT2D eigenvalue weighted by atomic mass is 127. The van der Waals surface area contributed by atoms with Crippen LogP contribution in [-0.4, -0.2) is 26.2 Å². The van der Waals surface area contributed by atoms with Gasteiger partial charge in [0.15, 0.2) is 5.82 Å². The van der Waals surface area contributed by atoms with Crippen molar-refractivity contribution in [2.45, 2.75) is 0 Å². The summed E-state index contributed by atoms with van der Waals surface area (Å²) < 4.78 is 24.3. The molecule has 1 aromatic rings. The number of carbonyl (C=O) groups excluding carboxylic acids is 2. The summed E-state index contributed by atoms with van der Waals surface area (Å²) in [5.41, 5.74) is -0.0897. The highest BCUT2D eigenvalue weighted by Gasteiger charge is 2.17. The topological polar surface area (TPSA) is 76.7 Å². The van der Waals surface area contributed by atoms with Crippen molar-refractivity contribution < 1.29 is 23.5 Å². The maximum Gasteiger partial charge on any atom is 0.326 e. The molecule has 0 saturated carbocycles. The molecule has 0 aromatic heterocycles. The zero-order valence-corrected chi connectivity index (χ0v) is 14.7. The van der Waals surface area contributed by atoms with Crippen molar-refractivity contribution in [2.75, 3.05) is 19.5 Å². The van der Waals surface area contributed by atoms with Gasteiger partial charge in [0.25, 0.3) is 5.91 Å². The molecule has 0 bridgehead atoms. The zero-order valence-electron chi connectivity index (χ0n) is 11.0. The predicted molar refractivity (Wildman–Crippen MR) is 86.7 cm³/mol. The van der Waals surface area contributed by atoms with Crippen molar-refractivity contribution in [1.82, 2.24) is 5.32 Å². The lowest BCUT2D eigenvalue weighted by Crippen LogP contribution is -2.33. The van der Waals surface area contributed by atoms with Crippen molar-refractivity contribution in [3.05, 3.63) is 32.3 Å². The minimum absolute atomic E-state index is 0.0897. The van der Waals surface area contributed by atoms with Gasteiger partial charge in [-0.05, 0) is 44.6 Å². The third-order valence-electron chi connectivity index (χ3n) is 2.16. The fraction of sp³-hybridized carbons (Fsp3) is 0.167. The van der Waals surface area contributed by atoms with Crippen LogP contribution in [0.3, 0.4) is 0 Å². The number of ether oxygens (including phenoxy) is 2. The second-order valence-electron chi connectivity index (χ2n) is 3.55. The van der Waals surface area contributed by atoms with Crippen LogP contribution < -0.4 is 15.4 Å². The van der Waals surface area contributed by atoms with Crippen molar-refractivity contribution in [3.63, 3.8) is 0 Å². The molecule has 0 aliphatic rings. The van der Waals surface area contributed by atoms with E-state index in [1.54, 1.807) is 22.6 Å². The van der Waals surface area contributed by atoms with Gasteiger partial charge >= 0.3 is 6.03 Å². The van der Waals surface area contributed by atoms with Crippen molar-refractivity contribution in [3.8, 4) is 5.75 Å². The Bertz CT molecular complexity index is 595. The summed E-state index contributed by atoms with van der Waals surface area (Å²) in [5, 5.41) is 4.23. The minimum atomic E-state index is -0.868. The Hall–Kier alpha value is -1.36. The van der Waals surface area contributed by atoms with Gasteiger partial charge in [-0.3, -0.25) is 10.1 Å². The molecule has 1 rings (SSSR count). The molecule has 0 atom stereocenters. The first-order valence-electron chi connectivity index (χ1n) is 5.43. The fourth-order valence-corrected chi connectivity index (χ4v) is 3.05. The Morgan fingerprint density at radius 3 is 2.67 bits per heavy atom. The summed E-state index contributed by atoms with van der Waals surface area (Å²) in [6, 6.07) is 0.471. The first-order valence-corrected chi connectivity index (χ1v) is 7.30. The van der Waals surface area contributed by atoms with Gasteiger partial charge in [-0.2, -0.15) is 0 Å². The minimum Gasteiger partial charge on any atom is -0.504 e. The monoisotopic (exact) mass is 472 g/mol. The van der Waals surface area contributed by atoms with Crippen molar-refractivity contribution in [2.24, 2.45) is 0 Å². The van der Waals surface area contributed by atoms with Crippen LogP contribution in [0.15, 0.2) is 22.9 Å². The van der Waals surface area contributed by atoms with Crippen molar-refractivity contribution >= 4 is 56.1 Å². The normalized spacial score (nSPS) is 10.3. The summed E-state index contributed by atoms with van der Waals surface area (Å²) in [6.07, 6.45) is 2.12. The summed E-state index contributed by atoms with van der Waals surface area (Å²) in [5.74, 6) is -1.04. The molecule has 0 radical (unpaired) electrons.